The van der Waals surface area contributed by atoms with Crippen LogP contribution in [0.4, 0.5) is 5.69 Å². The number of hydrogen-bond donors (Lipinski definition) is 1. The molecular formula is C26H30N2O3. The van der Waals surface area contributed by atoms with Crippen LogP contribution in [0.2, 0.25) is 0 Å². The summed E-state index contributed by atoms with van der Waals surface area (Å²) in [5, 5.41) is 7.45. The number of aryl methyl sites for hydroxylation is 2. The predicted molar refractivity (Wildman–Crippen MR) is 122 cm³/mol. The number of rotatable bonds is 4. The molecule has 0 spiro atoms. The van der Waals surface area contributed by atoms with Gasteiger partial charge in [0.15, 0.2) is 0 Å². The Kier molecular flexibility index (Phi) is 5.03. The molecule has 2 aliphatic carbocycles. The SMILES string of the molecule is Cc1ccc(NC(=O)C23CCC(C)(C(=NOC(=O)c4ccccc4)C2)C3(C)C)cc1C. The second-order valence-corrected chi connectivity index (χ2v) is 9.75. The lowest BCUT2D eigenvalue weighted by Gasteiger charge is -2.39. The normalized spacial score (nSPS) is 27.3. The second-order valence-electron chi connectivity index (χ2n) is 9.75. The van der Waals surface area contributed by atoms with E-state index in [-0.39, 0.29) is 16.7 Å². The molecule has 2 saturated carbocycles. The van der Waals surface area contributed by atoms with Gasteiger partial charge in [0.2, 0.25) is 5.91 Å². The minimum Gasteiger partial charge on any atom is -0.326 e. The van der Waals surface area contributed by atoms with Crippen LogP contribution in [-0.4, -0.2) is 17.6 Å². The van der Waals surface area contributed by atoms with E-state index in [1.54, 1.807) is 24.3 Å². The van der Waals surface area contributed by atoms with E-state index < -0.39 is 11.4 Å². The number of nitrogens with zero attached hydrogens (tertiary/aromatic N) is 1. The molecule has 1 N–H and O–H groups in total. The standard InChI is InChI=1S/C26H30N2O3/c1-17-11-12-20(15-18(17)2)27-23(30)26-14-13-25(5,24(26,3)4)21(16-26)28-31-22(29)19-9-7-6-8-10-19/h6-12,15H,13-14,16H2,1-5H3,(H,27,30). The van der Waals surface area contributed by atoms with E-state index in [1.807, 2.05) is 31.2 Å². The van der Waals surface area contributed by atoms with Crippen LogP contribution in [0.5, 0.6) is 0 Å². The zero-order chi connectivity index (χ0) is 22.4. The molecule has 31 heavy (non-hydrogen) atoms. The Morgan fingerprint density at radius 3 is 2.35 bits per heavy atom. The first-order valence-electron chi connectivity index (χ1n) is 10.8. The Hall–Kier alpha value is -2.95. The largest absolute Gasteiger partial charge is 0.365 e. The fourth-order valence-electron chi connectivity index (χ4n) is 5.32. The van der Waals surface area contributed by atoms with Gasteiger partial charge in [0.05, 0.1) is 16.7 Å². The van der Waals surface area contributed by atoms with Crippen LogP contribution in [0.3, 0.4) is 0 Å². The van der Waals surface area contributed by atoms with Gasteiger partial charge in [0.25, 0.3) is 0 Å². The number of amides is 1. The lowest BCUT2D eigenvalue weighted by atomic mass is 9.64. The lowest BCUT2D eigenvalue weighted by Crippen LogP contribution is -2.43. The van der Waals surface area contributed by atoms with E-state index in [0.717, 1.165) is 29.8 Å². The maximum Gasteiger partial charge on any atom is 0.365 e. The van der Waals surface area contributed by atoms with Gasteiger partial charge >= 0.3 is 5.97 Å². The lowest BCUT2D eigenvalue weighted by molar-refractivity contribution is -0.130. The summed E-state index contributed by atoms with van der Waals surface area (Å²) in [6.07, 6.45) is 2.12. The minimum absolute atomic E-state index is 0.0177. The topological polar surface area (TPSA) is 67.8 Å². The molecule has 4 rings (SSSR count). The van der Waals surface area contributed by atoms with Crippen molar-refractivity contribution in [3.05, 3.63) is 65.2 Å². The van der Waals surface area contributed by atoms with Gasteiger partial charge in [-0.05, 0) is 67.5 Å². The van der Waals surface area contributed by atoms with Crippen LogP contribution < -0.4 is 5.32 Å². The van der Waals surface area contributed by atoms with Crippen molar-refractivity contribution < 1.29 is 14.4 Å². The summed E-state index contributed by atoms with van der Waals surface area (Å²) >= 11 is 0. The van der Waals surface area contributed by atoms with Crippen LogP contribution in [0.15, 0.2) is 53.7 Å². The Labute approximate surface area is 183 Å². The Morgan fingerprint density at radius 1 is 0.968 bits per heavy atom. The summed E-state index contributed by atoms with van der Waals surface area (Å²) in [6.45, 7) is 10.5. The predicted octanol–water partition coefficient (Wildman–Crippen LogP) is 5.67. The summed E-state index contributed by atoms with van der Waals surface area (Å²) in [5.41, 5.74) is 3.20. The third kappa shape index (κ3) is 3.18. The van der Waals surface area contributed by atoms with Gasteiger partial charge in [0.1, 0.15) is 0 Å². The van der Waals surface area contributed by atoms with Crippen molar-refractivity contribution >= 4 is 23.3 Å². The third-order valence-electron chi connectivity index (χ3n) is 8.18. The summed E-state index contributed by atoms with van der Waals surface area (Å²) in [7, 11) is 0. The van der Waals surface area contributed by atoms with Gasteiger partial charge in [-0.3, -0.25) is 4.79 Å². The summed E-state index contributed by atoms with van der Waals surface area (Å²) in [6, 6.07) is 14.8. The molecule has 1 amide bonds. The number of nitrogens with one attached hydrogen (secondary N) is 1. The van der Waals surface area contributed by atoms with E-state index in [0.29, 0.717) is 12.0 Å². The van der Waals surface area contributed by atoms with Gasteiger partial charge < -0.3 is 10.2 Å². The highest BCUT2D eigenvalue weighted by Gasteiger charge is 2.71. The Balaban J connectivity index is 1.59. The Bertz CT molecular complexity index is 1070. The van der Waals surface area contributed by atoms with Crippen molar-refractivity contribution in [1.29, 1.82) is 0 Å². The molecule has 2 aromatic rings. The highest BCUT2D eigenvalue weighted by Crippen LogP contribution is 2.71. The fraction of sp³-hybridized carbons (Fsp3) is 0.423. The van der Waals surface area contributed by atoms with Crippen molar-refractivity contribution in [2.24, 2.45) is 21.4 Å². The molecule has 162 valence electrons. The van der Waals surface area contributed by atoms with Gasteiger partial charge in [0, 0.05) is 17.5 Å². The smallest absolute Gasteiger partial charge is 0.326 e. The number of carbonyl (C=O) groups is 2. The number of benzene rings is 2. The van der Waals surface area contributed by atoms with Crippen LogP contribution in [0, 0.1) is 30.1 Å². The van der Waals surface area contributed by atoms with Crippen LogP contribution in [0.1, 0.15) is 61.5 Å². The molecule has 2 aliphatic rings. The van der Waals surface area contributed by atoms with Gasteiger partial charge in [-0.25, -0.2) is 4.79 Å². The number of oxime groups is 1. The second kappa shape index (κ2) is 7.33. The van der Waals surface area contributed by atoms with Crippen molar-refractivity contribution in [3.63, 3.8) is 0 Å². The average molecular weight is 419 g/mol. The molecule has 0 saturated heterocycles. The zero-order valence-corrected chi connectivity index (χ0v) is 18.9. The zero-order valence-electron chi connectivity index (χ0n) is 18.9. The molecule has 0 aromatic heterocycles. The van der Waals surface area contributed by atoms with Crippen molar-refractivity contribution in [1.82, 2.24) is 0 Å². The maximum absolute atomic E-state index is 13.6. The Morgan fingerprint density at radius 2 is 1.68 bits per heavy atom. The van der Waals surface area contributed by atoms with Gasteiger partial charge in [-0.1, -0.05) is 50.2 Å². The fourth-order valence-corrected chi connectivity index (χ4v) is 5.32. The maximum atomic E-state index is 13.6. The third-order valence-corrected chi connectivity index (χ3v) is 8.18. The van der Waals surface area contributed by atoms with E-state index in [1.165, 1.54) is 5.56 Å². The molecule has 0 radical (unpaired) electrons. The van der Waals surface area contributed by atoms with Gasteiger partial charge in [-0.2, -0.15) is 0 Å². The van der Waals surface area contributed by atoms with Crippen LogP contribution in [0.25, 0.3) is 0 Å². The minimum atomic E-state index is -0.585. The molecule has 2 unspecified atom stereocenters. The molecule has 2 atom stereocenters. The first-order valence-corrected chi connectivity index (χ1v) is 10.8. The highest BCUT2D eigenvalue weighted by atomic mass is 16.7. The molecule has 2 fully saturated rings. The molecule has 2 aromatic carbocycles. The van der Waals surface area contributed by atoms with Gasteiger partial charge in [-0.15, -0.1) is 0 Å². The average Bonchev–Trinajstić information content (AvgIpc) is 3.06. The first-order chi connectivity index (χ1) is 14.6. The van der Waals surface area contributed by atoms with E-state index in [4.69, 9.17) is 4.84 Å². The molecule has 2 bridgehead atoms. The van der Waals surface area contributed by atoms with Crippen LogP contribution >= 0.6 is 0 Å². The molecule has 0 heterocycles. The number of anilines is 1. The number of fused-ring (bicyclic) bond motifs is 2. The monoisotopic (exact) mass is 418 g/mol. The van der Waals surface area contributed by atoms with E-state index in [9.17, 15) is 9.59 Å². The van der Waals surface area contributed by atoms with Crippen molar-refractivity contribution in [2.45, 2.75) is 53.9 Å². The molecule has 5 heteroatoms. The van der Waals surface area contributed by atoms with E-state index >= 15 is 0 Å². The molecule has 0 aliphatic heterocycles. The van der Waals surface area contributed by atoms with Crippen molar-refractivity contribution in [3.8, 4) is 0 Å². The summed E-state index contributed by atoms with van der Waals surface area (Å²) < 4.78 is 0. The van der Waals surface area contributed by atoms with E-state index in [2.05, 4.69) is 38.2 Å². The first kappa shape index (κ1) is 21.3. The molecule has 5 nitrogen and oxygen atoms in total. The highest BCUT2D eigenvalue weighted by molar-refractivity contribution is 6.06. The van der Waals surface area contributed by atoms with Crippen LogP contribution in [-0.2, 0) is 9.63 Å². The summed E-state index contributed by atoms with van der Waals surface area (Å²) in [5.74, 6) is -0.463. The number of carbonyl (C=O) groups excluding carboxylic acids is 2. The molecular weight excluding hydrogens is 388 g/mol. The summed E-state index contributed by atoms with van der Waals surface area (Å²) in [4.78, 5) is 31.3. The van der Waals surface area contributed by atoms with Crippen molar-refractivity contribution in [2.75, 3.05) is 5.32 Å². The quantitative estimate of drug-likeness (QED) is 0.514. The number of hydrogen-bond acceptors (Lipinski definition) is 4.